The molecule has 1 heteroatoms. The van der Waals surface area contributed by atoms with Crippen LogP contribution in [0.1, 0.15) is 18.9 Å². The Hall–Kier alpha value is -2.02. The number of rotatable bonds is 2. The van der Waals surface area contributed by atoms with Crippen LogP contribution in [0, 0.1) is 0 Å². The van der Waals surface area contributed by atoms with Crippen LogP contribution in [-0.2, 0) is 5.41 Å². The zero-order valence-electron chi connectivity index (χ0n) is 10.6. The molecular formula is C17H17N. The Morgan fingerprint density at radius 3 is 2.67 bits per heavy atom. The van der Waals surface area contributed by atoms with Crippen LogP contribution >= 0.6 is 0 Å². The number of H-pyrrole nitrogens is 1. The molecule has 1 heterocycles. The molecule has 0 spiro atoms. The molecule has 90 valence electrons. The molecule has 1 unspecified atom stereocenters. The van der Waals surface area contributed by atoms with Gasteiger partial charge in [0, 0.05) is 17.3 Å². The first-order valence-electron chi connectivity index (χ1n) is 6.37. The lowest BCUT2D eigenvalue weighted by molar-refractivity contribution is 0.601. The van der Waals surface area contributed by atoms with Gasteiger partial charge in [0.15, 0.2) is 0 Å². The molecule has 0 bridgehead atoms. The Morgan fingerprint density at radius 1 is 1.11 bits per heavy atom. The molecule has 1 aromatic carbocycles. The topological polar surface area (TPSA) is 15.8 Å². The minimum atomic E-state index is 0.123. The fraction of sp³-hybridized carbons (Fsp3) is 0.176. The quantitative estimate of drug-likeness (QED) is 0.791. The summed E-state index contributed by atoms with van der Waals surface area (Å²) in [4.78, 5) is 3.39. The van der Waals surface area contributed by atoms with Gasteiger partial charge >= 0.3 is 0 Å². The molecule has 0 aliphatic heterocycles. The molecule has 0 radical (unpaired) electrons. The summed E-state index contributed by atoms with van der Waals surface area (Å²) in [6.45, 7) is 2.28. The smallest absolute Gasteiger partial charge is 0.0457 e. The number of aromatic nitrogens is 1. The Balaban J connectivity index is 1.95. The lowest BCUT2D eigenvalue weighted by atomic mass is 9.78. The van der Waals surface area contributed by atoms with Crippen molar-refractivity contribution in [1.29, 1.82) is 0 Å². The number of nitrogens with one attached hydrogen (secondary N) is 1. The van der Waals surface area contributed by atoms with Crippen LogP contribution in [0.15, 0.2) is 66.9 Å². The number of benzene rings is 1. The van der Waals surface area contributed by atoms with E-state index in [0.717, 1.165) is 6.42 Å². The minimum Gasteiger partial charge on any atom is -0.361 e. The third-order valence-electron chi connectivity index (χ3n) is 3.68. The minimum absolute atomic E-state index is 0.123. The van der Waals surface area contributed by atoms with E-state index in [-0.39, 0.29) is 5.41 Å². The van der Waals surface area contributed by atoms with Crippen LogP contribution in [0.25, 0.3) is 11.3 Å². The third-order valence-corrected chi connectivity index (χ3v) is 3.68. The van der Waals surface area contributed by atoms with E-state index in [0.29, 0.717) is 0 Å². The maximum Gasteiger partial charge on any atom is 0.0457 e. The summed E-state index contributed by atoms with van der Waals surface area (Å²) < 4.78 is 0. The van der Waals surface area contributed by atoms with Gasteiger partial charge in [0.1, 0.15) is 0 Å². The number of hydrogen-bond acceptors (Lipinski definition) is 0. The SMILES string of the molecule is CC1(c2c[nH]c(-c3ccccc3)c2)C=CC=CC1. The van der Waals surface area contributed by atoms with Crippen LogP contribution < -0.4 is 0 Å². The second kappa shape index (κ2) is 4.34. The van der Waals surface area contributed by atoms with Gasteiger partial charge in [0.25, 0.3) is 0 Å². The molecule has 2 aromatic rings. The third kappa shape index (κ3) is 1.92. The molecule has 0 saturated heterocycles. The Morgan fingerprint density at radius 2 is 1.94 bits per heavy atom. The first-order valence-corrected chi connectivity index (χ1v) is 6.37. The summed E-state index contributed by atoms with van der Waals surface area (Å²) in [5.41, 5.74) is 3.90. The van der Waals surface area contributed by atoms with E-state index in [4.69, 9.17) is 0 Å². The van der Waals surface area contributed by atoms with Gasteiger partial charge in [-0.05, 0) is 23.6 Å². The fourth-order valence-electron chi connectivity index (χ4n) is 2.45. The standard InChI is InChI=1S/C17H17N/c1-17(10-6-3-7-11-17)15-12-16(18-13-15)14-8-4-2-5-9-14/h2-10,12-13,18H,11H2,1H3. The number of hydrogen-bond donors (Lipinski definition) is 1. The zero-order valence-corrected chi connectivity index (χ0v) is 10.6. The predicted molar refractivity (Wildman–Crippen MR) is 76.5 cm³/mol. The highest BCUT2D eigenvalue weighted by atomic mass is 14.7. The zero-order chi connectivity index (χ0) is 12.4. The maximum atomic E-state index is 3.39. The summed E-state index contributed by atoms with van der Waals surface area (Å²) >= 11 is 0. The summed E-state index contributed by atoms with van der Waals surface area (Å²) in [7, 11) is 0. The molecular weight excluding hydrogens is 218 g/mol. The number of aromatic amines is 1. The van der Waals surface area contributed by atoms with E-state index >= 15 is 0 Å². The van der Waals surface area contributed by atoms with Crippen molar-refractivity contribution in [1.82, 2.24) is 4.98 Å². The van der Waals surface area contributed by atoms with Gasteiger partial charge in [-0.1, -0.05) is 61.6 Å². The molecule has 18 heavy (non-hydrogen) atoms. The monoisotopic (exact) mass is 235 g/mol. The molecule has 0 amide bonds. The summed E-state index contributed by atoms with van der Waals surface area (Å²) in [6, 6.07) is 12.7. The van der Waals surface area contributed by atoms with E-state index < -0.39 is 0 Å². The Bertz CT molecular complexity index is 589. The van der Waals surface area contributed by atoms with Gasteiger partial charge in [-0.25, -0.2) is 0 Å². The first-order chi connectivity index (χ1) is 8.78. The second-order valence-corrected chi connectivity index (χ2v) is 5.08. The summed E-state index contributed by atoms with van der Waals surface area (Å²) in [5, 5.41) is 0. The van der Waals surface area contributed by atoms with Crippen molar-refractivity contribution >= 4 is 0 Å². The molecule has 0 fully saturated rings. The molecule has 0 saturated carbocycles. The normalized spacial score (nSPS) is 22.3. The molecule has 1 aliphatic carbocycles. The van der Waals surface area contributed by atoms with E-state index in [2.05, 4.69) is 72.7 Å². The summed E-state index contributed by atoms with van der Waals surface area (Å²) in [6.07, 6.45) is 12.0. The van der Waals surface area contributed by atoms with Crippen LogP contribution in [0.5, 0.6) is 0 Å². The fourth-order valence-corrected chi connectivity index (χ4v) is 2.45. The van der Waals surface area contributed by atoms with Crippen molar-refractivity contribution < 1.29 is 0 Å². The van der Waals surface area contributed by atoms with Crippen molar-refractivity contribution in [2.75, 3.05) is 0 Å². The van der Waals surface area contributed by atoms with E-state index in [9.17, 15) is 0 Å². The Kier molecular flexibility index (Phi) is 2.67. The summed E-state index contributed by atoms with van der Waals surface area (Å²) in [5.74, 6) is 0. The first kappa shape index (κ1) is 11.1. The second-order valence-electron chi connectivity index (χ2n) is 5.08. The average Bonchev–Trinajstić information content (AvgIpc) is 2.91. The highest BCUT2D eigenvalue weighted by Gasteiger charge is 2.24. The van der Waals surface area contributed by atoms with Crippen molar-refractivity contribution in [3.8, 4) is 11.3 Å². The molecule has 1 N–H and O–H groups in total. The molecule has 1 aromatic heterocycles. The lowest BCUT2D eigenvalue weighted by Crippen LogP contribution is -2.18. The maximum absolute atomic E-state index is 3.39. The van der Waals surface area contributed by atoms with E-state index in [1.165, 1.54) is 16.8 Å². The molecule has 1 aliphatic rings. The lowest BCUT2D eigenvalue weighted by Gasteiger charge is -2.25. The van der Waals surface area contributed by atoms with Gasteiger partial charge in [-0.3, -0.25) is 0 Å². The van der Waals surface area contributed by atoms with Gasteiger partial charge in [0.2, 0.25) is 0 Å². The van der Waals surface area contributed by atoms with Crippen LogP contribution in [0.4, 0.5) is 0 Å². The van der Waals surface area contributed by atoms with Gasteiger partial charge in [0.05, 0.1) is 0 Å². The number of allylic oxidation sites excluding steroid dienone is 4. The van der Waals surface area contributed by atoms with Crippen LogP contribution in [-0.4, -0.2) is 4.98 Å². The highest BCUT2D eigenvalue weighted by molar-refractivity contribution is 5.61. The highest BCUT2D eigenvalue weighted by Crippen LogP contribution is 2.34. The van der Waals surface area contributed by atoms with E-state index in [1.54, 1.807) is 0 Å². The predicted octanol–water partition coefficient (Wildman–Crippen LogP) is 4.46. The van der Waals surface area contributed by atoms with Gasteiger partial charge in [-0.2, -0.15) is 0 Å². The van der Waals surface area contributed by atoms with Crippen LogP contribution in [0.3, 0.4) is 0 Å². The molecule has 1 nitrogen and oxygen atoms in total. The van der Waals surface area contributed by atoms with Gasteiger partial charge in [-0.15, -0.1) is 0 Å². The van der Waals surface area contributed by atoms with Crippen molar-refractivity contribution in [2.45, 2.75) is 18.8 Å². The largest absolute Gasteiger partial charge is 0.361 e. The van der Waals surface area contributed by atoms with Crippen molar-refractivity contribution in [3.05, 3.63) is 72.5 Å². The van der Waals surface area contributed by atoms with Crippen molar-refractivity contribution in [2.24, 2.45) is 0 Å². The van der Waals surface area contributed by atoms with Crippen molar-refractivity contribution in [3.63, 3.8) is 0 Å². The molecule has 1 atom stereocenters. The van der Waals surface area contributed by atoms with E-state index in [1.807, 2.05) is 6.07 Å². The van der Waals surface area contributed by atoms with Gasteiger partial charge < -0.3 is 4.98 Å². The Labute approximate surface area is 108 Å². The average molecular weight is 235 g/mol. The van der Waals surface area contributed by atoms with Crippen LogP contribution in [0.2, 0.25) is 0 Å². The molecule has 3 rings (SSSR count).